The summed E-state index contributed by atoms with van der Waals surface area (Å²) >= 11 is 1.92. The summed E-state index contributed by atoms with van der Waals surface area (Å²) in [6.07, 6.45) is 5.10. The molecule has 1 N–H and O–H groups in total. The van der Waals surface area contributed by atoms with Crippen molar-refractivity contribution >= 4 is 16.5 Å². The van der Waals surface area contributed by atoms with Crippen molar-refractivity contribution in [3.63, 3.8) is 0 Å². The lowest BCUT2D eigenvalue weighted by molar-refractivity contribution is 0.422. The zero-order chi connectivity index (χ0) is 14.1. The number of thiazole rings is 1. The molecule has 3 nitrogen and oxygen atoms in total. The second-order valence-electron chi connectivity index (χ2n) is 6.61. The van der Waals surface area contributed by atoms with E-state index in [-0.39, 0.29) is 0 Å². The zero-order valence-electron chi connectivity index (χ0n) is 13.0. The van der Waals surface area contributed by atoms with Gasteiger partial charge in [-0.05, 0) is 37.5 Å². The van der Waals surface area contributed by atoms with Crippen molar-refractivity contribution in [3.8, 4) is 0 Å². The minimum Gasteiger partial charge on any atom is -0.348 e. The molecule has 0 amide bonds. The van der Waals surface area contributed by atoms with Crippen molar-refractivity contribution in [1.29, 1.82) is 0 Å². The number of anilines is 1. The first-order valence-corrected chi connectivity index (χ1v) is 8.96. The van der Waals surface area contributed by atoms with Crippen LogP contribution in [0.15, 0.2) is 0 Å². The number of hydrogen-bond acceptors (Lipinski definition) is 4. The van der Waals surface area contributed by atoms with Gasteiger partial charge in [0, 0.05) is 30.6 Å². The number of hydrogen-bond donors (Lipinski definition) is 1. The molecular weight excluding hydrogens is 266 g/mol. The molecule has 1 aliphatic carbocycles. The van der Waals surface area contributed by atoms with E-state index in [4.69, 9.17) is 4.98 Å². The molecular formula is C16H27N3S. The maximum atomic E-state index is 4.91. The van der Waals surface area contributed by atoms with Gasteiger partial charge in [-0.1, -0.05) is 20.8 Å². The summed E-state index contributed by atoms with van der Waals surface area (Å²) < 4.78 is 0. The molecule has 2 fully saturated rings. The largest absolute Gasteiger partial charge is 0.348 e. The fourth-order valence-corrected chi connectivity index (χ4v) is 4.08. The Bertz CT molecular complexity index is 451. The molecule has 3 rings (SSSR count). The number of aryl methyl sites for hydroxylation is 1. The second kappa shape index (κ2) is 6.02. The summed E-state index contributed by atoms with van der Waals surface area (Å²) in [6.45, 7) is 10.3. The number of aromatic nitrogens is 1. The summed E-state index contributed by atoms with van der Waals surface area (Å²) in [6, 6.07) is 0.780. The molecule has 1 aliphatic heterocycles. The van der Waals surface area contributed by atoms with Crippen molar-refractivity contribution in [3.05, 3.63) is 10.6 Å². The number of nitrogens with one attached hydrogen (secondary N) is 1. The van der Waals surface area contributed by atoms with Gasteiger partial charge in [0.2, 0.25) is 0 Å². The van der Waals surface area contributed by atoms with Gasteiger partial charge in [-0.2, -0.15) is 0 Å². The Hall–Kier alpha value is -0.610. The molecule has 1 unspecified atom stereocenters. The molecule has 1 saturated heterocycles. The molecule has 0 radical (unpaired) electrons. The van der Waals surface area contributed by atoms with Crippen LogP contribution in [0.5, 0.6) is 0 Å². The van der Waals surface area contributed by atoms with Gasteiger partial charge in [0.05, 0.1) is 5.69 Å². The molecule has 2 heterocycles. The van der Waals surface area contributed by atoms with E-state index in [9.17, 15) is 0 Å². The average molecular weight is 293 g/mol. The molecule has 1 saturated carbocycles. The highest BCUT2D eigenvalue weighted by atomic mass is 32.1. The summed E-state index contributed by atoms with van der Waals surface area (Å²) in [4.78, 5) is 8.88. The van der Waals surface area contributed by atoms with Crippen molar-refractivity contribution in [2.75, 3.05) is 18.0 Å². The first-order valence-electron chi connectivity index (χ1n) is 8.14. The minimum atomic E-state index is 0.780. The highest BCUT2D eigenvalue weighted by Crippen LogP contribution is 2.33. The van der Waals surface area contributed by atoms with Crippen LogP contribution in [0, 0.1) is 11.8 Å². The molecule has 20 heavy (non-hydrogen) atoms. The quantitative estimate of drug-likeness (QED) is 0.871. The Kier molecular flexibility index (Phi) is 4.32. The van der Waals surface area contributed by atoms with E-state index in [0.29, 0.717) is 0 Å². The van der Waals surface area contributed by atoms with E-state index in [1.165, 1.54) is 48.1 Å². The lowest BCUT2D eigenvalue weighted by Crippen LogP contribution is -2.20. The van der Waals surface area contributed by atoms with Crippen LogP contribution in [-0.4, -0.2) is 24.1 Å². The fourth-order valence-electron chi connectivity index (χ4n) is 2.95. The number of nitrogens with zero attached hydrogens (tertiary/aromatic N) is 2. The van der Waals surface area contributed by atoms with Crippen molar-refractivity contribution in [1.82, 2.24) is 10.3 Å². The molecule has 1 aromatic heterocycles. The van der Waals surface area contributed by atoms with Crippen molar-refractivity contribution in [2.45, 2.75) is 59.0 Å². The van der Waals surface area contributed by atoms with E-state index in [1.54, 1.807) is 0 Å². The topological polar surface area (TPSA) is 28.2 Å². The van der Waals surface area contributed by atoms with Gasteiger partial charge in [-0.25, -0.2) is 4.98 Å². The smallest absolute Gasteiger partial charge is 0.185 e. The lowest BCUT2D eigenvalue weighted by atomic mass is 9.95. The van der Waals surface area contributed by atoms with Crippen LogP contribution in [0.25, 0.3) is 0 Å². The fraction of sp³-hybridized carbons (Fsp3) is 0.812. The molecule has 1 atom stereocenters. The monoisotopic (exact) mass is 293 g/mol. The van der Waals surface area contributed by atoms with Gasteiger partial charge < -0.3 is 10.2 Å². The Labute approximate surface area is 126 Å². The van der Waals surface area contributed by atoms with Crippen molar-refractivity contribution in [2.24, 2.45) is 11.8 Å². The molecule has 0 spiro atoms. The van der Waals surface area contributed by atoms with Crippen LogP contribution in [0.3, 0.4) is 0 Å². The van der Waals surface area contributed by atoms with Crippen LogP contribution in [-0.2, 0) is 13.0 Å². The first kappa shape index (κ1) is 14.3. The third-order valence-corrected chi connectivity index (χ3v) is 5.83. The Morgan fingerprint density at radius 1 is 1.35 bits per heavy atom. The van der Waals surface area contributed by atoms with Crippen LogP contribution >= 0.6 is 11.3 Å². The maximum Gasteiger partial charge on any atom is 0.185 e. The molecule has 0 aromatic carbocycles. The van der Waals surface area contributed by atoms with E-state index in [0.717, 1.165) is 30.8 Å². The predicted octanol–water partition coefficient (Wildman–Crippen LogP) is 3.44. The minimum absolute atomic E-state index is 0.780. The van der Waals surface area contributed by atoms with E-state index in [2.05, 4.69) is 31.0 Å². The van der Waals surface area contributed by atoms with Gasteiger partial charge in [0.15, 0.2) is 5.13 Å². The Morgan fingerprint density at radius 3 is 2.75 bits per heavy atom. The molecule has 112 valence electrons. The van der Waals surface area contributed by atoms with Gasteiger partial charge in [0.25, 0.3) is 0 Å². The van der Waals surface area contributed by atoms with Gasteiger partial charge >= 0.3 is 0 Å². The SMILES string of the molecule is CCc1nc(N2CCC(C(C)C)C2)sc1CNC1CC1. The Balaban J connectivity index is 1.66. The highest BCUT2D eigenvalue weighted by Gasteiger charge is 2.28. The van der Waals surface area contributed by atoms with Crippen LogP contribution in [0.2, 0.25) is 0 Å². The standard InChI is InChI=1S/C16H27N3S/c1-4-14-15(9-17-13-5-6-13)20-16(18-14)19-8-7-12(10-19)11(2)3/h11-13,17H,4-10H2,1-3H3. The van der Waals surface area contributed by atoms with E-state index < -0.39 is 0 Å². The molecule has 4 heteroatoms. The van der Waals surface area contributed by atoms with E-state index >= 15 is 0 Å². The summed E-state index contributed by atoms with van der Waals surface area (Å²) in [7, 11) is 0. The van der Waals surface area contributed by atoms with Crippen LogP contribution < -0.4 is 10.2 Å². The first-order chi connectivity index (χ1) is 9.67. The normalized spacial score (nSPS) is 23.0. The molecule has 2 aliphatic rings. The summed E-state index contributed by atoms with van der Waals surface area (Å²) in [5.41, 5.74) is 1.31. The lowest BCUT2D eigenvalue weighted by Gasteiger charge is -2.16. The summed E-state index contributed by atoms with van der Waals surface area (Å²) in [5, 5.41) is 4.89. The molecule has 1 aromatic rings. The Morgan fingerprint density at radius 2 is 2.15 bits per heavy atom. The average Bonchev–Trinajstić information content (AvgIpc) is 2.98. The second-order valence-corrected chi connectivity index (χ2v) is 7.68. The zero-order valence-corrected chi connectivity index (χ0v) is 13.8. The summed E-state index contributed by atoms with van der Waals surface area (Å²) in [5.74, 6) is 1.64. The van der Waals surface area contributed by atoms with E-state index in [1.807, 2.05) is 11.3 Å². The van der Waals surface area contributed by atoms with Gasteiger partial charge in [-0.3, -0.25) is 0 Å². The highest BCUT2D eigenvalue weighted by molar-refractivity contribution is 7.15. The third kappa shape index (κ3) is 3.17. The van der Waals surface area contributed by atoms with Crippen molar-refractivity contribution < 1.29 is 0 Å². The predicted molar refractivity (Wildman–Crippen MR) is 86.5 cm³/mol. The third-order valence-electron chi connectivity index (χ3n) is 4.67. The van der Waals surface area contributed by atoms with Gasteiger partial charge in [-0.15, -0.1) is 11.3 Å². The number of rotatable bonds is 6. The van der Waals surface area contributed by atoms with Crippen LogP contribution in [0.1, 0.15) is 50.6 Å². The maximum absolute atomic E-state index is 4.91. The molecule has 0 bridgehead atoms. The van der Waals surface area contributed by atoms with Crippen LogP contribution in [0.4, 0.5) is 5.13 Å². The van der Waals surface area contributed by atoms with Gasteiger partial charge in [0.1, 0.15) is 0 Å².